The first-order valence-electron chi connectivity index (χ1n) is 7.53. The highest BCUT2D eigenvalue weighted by Gasteiger charge is 2.19. The lowest BCUT2D eigenvalue weighted by Crippen LogP contribution is -2.31. The second-order valence-electron chi connectivity index (χ2n) is 5.91. The summed E-state index contributed by atoms with van der Waals surface area (Å²) in [6, 6.07) is 19.8. The van der Waals surface area contributed by atoms with Crippen molar-refractivity contribution < 1.29 is 4.57 Å². The number of thiophene rings is 1. The highest BCUT2D eigenvalue weighted by atomic mass is 32.1. The topological polar surface area (TPSA) is 3.88 Å². The van der Waals surface area contributed by atoms with Crippen LogP contribution in [0, 0.1) is 13.8 Å². The summed E-state index contributed by atoms with van der Waals surface area (Å²) in [6.07, 6.45) is 0. The van der Waals surface area contributed by atoms with Gasteiger partial charge in [-0.3, -0.25) is 0 Å². The number of rotatable bonds is 1. The molecule has 4 rings (SSSR count). The Morgan fingerprint density at radius 2 is 1.68 bits per heavy atom. The van der Waals surface area contributed by atoms with Crippen LogP contribution in [-0.4, -0.2) is 0 Å². The molecule has 22 heavy (non-hydrogen) atoms. The largest absolute Gasteiger partial charge is 0.270 e. The minimum Gasteiger partial charge on any atom is -0.185 e. The maximum Gasteiger partial charge on any atom is 0.270 e. The smallest absolute Gasteiger partial charge is 0.185 e. The maximum absolute atomic E-state index is 2.34. The van der Waals surface area contributed by atoms with Gasteiger partial charge in [-0.2, -0.15) is 4.57 Å². The third kappa shape index (κ3) is 1.95. The molecular formula is C20H18NS+. The van der Waals surface area contributed by atoms with E-state index in [9.17, 15) is 0 Å². The van der Waals surface area contributed by atoms with Crippen molar-refractivity contribution in [1.29, 1.82) is 0 Å². The first kappa shape index (κ1) is 13.5. The predicted molar refractivity (Wildman–Crippen MR) is 95.4 cm³/mol. The van der Waals surface area contributed by atoms with Gasteiger partial charge in [-0.05, 0) is 37.6 Å². The molecule has 0 saturated carbocycles. The van der Waals surface area contributed by atoms with Gasteiger partial charge < -0.3 is 0 Å². The van der Waals surface area contributed by atoms with Crippen LogP contribution < -0.4 is 4.57 Å². The number of benzene rings is 2. The van der Waals surface area contributed by atoms with Gasteiger partial charge in [-0.25, -0.2) is 0 Å². The molecule has 0 spiro atoms. The van der Waals surface area contributed by atoms with Gasteiger partial charge >= 0.3 is 0 Å². The van der Waals surface area contributed by atoms with Crippen molar-refractivity contribution in [3.8, 4) is 11.3 Å². The molecule has 0 fully saturated rings. The van der Waals surface area contributed by atoms with E-state index in [0.29, 0.717) is 0 Å². The van der Waals surface area contributed by atoms with E-state index in [0.717, 1.165) is 0 Å². The summed E-state index contributed by atoms with van der Waals surface area (Å²) in [6.45, 7) is 4.34. The van der Waals surface area contributed by atoms with Crippen molar-refractivity contribution in [3.63, 3.8) is 0 Å². The zero-order chi connectivity index (χ0) is 15.3. The molecule has 0 unspecified atom stereocenters. The van der Waals surface area contributed by atoms with Crippen LogP contribution in [0.15, 0.2) is 54.6 Å². The first-order chi connectivity index (χ1) is 10.6. The van der Waals surface area contributed by atoms with E-state index in [1.165, 1.54) is 42.7 Å². The van der Waals surface area contributed by atoms with E-state index >= 15 is 0 Å². The first-order valence-corrected chi connectivity index (χ1v) is 8.35. The number of nitrogens with zero attached hydrogens (tertiary/aromatic N) is 1. The lowest BCUT2D eigenvalue weighted by atomic mass is 10.0. The summed E-state index contributed by atoms with van der Waals surface area (Å²) >= 11 is 1.87. The molecule has 0 saturated heterocycles. The highest BCUT2D eigenvalue weighted by Crippen LogP contribution is 2.33. The van der Waals surface area contributed by atoms with Gasteiger partial charge in [0.15, 0.2) is 0 Å². The van der Waals surface area contributed by atoms with Crippen LogP contribution in [0.4, 0.5) is 0 Å². The molecule has 0 aliphatic rings. The summed E-state index contributed by atoms with van der Waals surface area (Å²) in [5.74, 6) is 0. The summed E-state index contributed by atoms with van der Waals surface area (Å²) in [4.78, 5) is 1.33. The van der Waals surface area contributed by atoms with Gasteiger partial charge in [0.2, 0.25) is 5.69 Å². The fourth-order valence-corrected chi connectivity index (χ4v) is 4.29. The number of aryl methyl sites for hydroxylation is 3. The Balaban J connectivity index is 2.06. The van der Waals surface area contributed by atoms with Crippen molar-refractivity contribution in [2.75, 3.05) is 0 Å². The molecule has 0 aliphatic heterocycles. The number of fused-ring (bicyclic) bond motifs is 3. The van der Waals surface area contributed by atoms with E-state index in [-0.39, 0.29) is 0 Å². The SMILES string of the molecule is Cc1ccc(C)c(-c2ccc3c4ccccc4sc3[n+]2C)c1. The van der Waals surface area contributed by atoms with E-state index in [1.54, 1.807) is 0 Å². The fourth-order valence-electron chi connectivity index (χ4n) is 3.13. The second kappa shape index (κ2) is 4.92. The van der Waals surface area contributed by atoms with Gasteiger partial charge in [0.1, 0.15) is 7.05 Å². The Kier molecular flexibility index (Phi) is 3.02. The molecule has 2 aromatic heterocycles. The van der Waals surface area contributed by atoms with Crippen molar-refractivity contribution in [3.05, 3.63) is 65.7 Å². The lowest BCUT2D eigenvalue weighted by molar-refractivity contribution is -0.631. The number of pyridine rings is 1. The summed E-state index contributed by atoms with van der Waals surface area (Å²) in [5, 5.41) is 2.70. The van der Waals surface area contributed by atoms with Crippen molar-refractivity contribution in [2.24, 2.45) is 7.05 Å². The van der Waals surface area contributed by atoms with Crippen LogP contribution in [0.25, 0.3) is 31.6 Å². The maximum atomic E-state index is 2.34. The van der Waals surface area contributed by atoms with Crippen LogP contribution in [0.2, 0.25) is 0 Å². The highest BCUT2D eigenvalue weighted by molar-refractivity contribution is 7.25. The third-order valence-corrected chi connectivity index (χ3v) is 5.62. The Hall–Kier alpha value is -2.19. The molecule has 0 amide bonds. The minimum atomic E-state index is 1.28. The zero-order valence-corrected chi connectivity index (χ0v) is 13.9. The zero-order valence-electron chi connectivity index (χ0n) is 13.1. The molecule has 0 N–H and O–H groups in total. The number of aromatic nitrogens is 1. The molecule has 4 aromatic rings. The average molecular weight is 304 g/mol. The molecule has 2 heterocycles. The van der Waals surface area contributed by atoms with Crippen LogP contribution in [0.5, 0.6) is 0 Å². The standard InChI is InChI=1S/C20H18NS/c1-13-8-9-14(2)17(12-13)18-11-10-16-15-6-4-5-7-19(15)22-20(16)21(18)3/h4-12H,1-3H3/q+1. The van der Waals surface area contributed by atoms with Crippen molar-refractivity contribution >= 4 is 31.6 Å². The Morgan fingerprint density at radius 1 is 0.864 bits per heavy atom. The van der Waals surface area contributed by atoms with Gasteiger partial charge in [0, 0.05) is 21.7 Å². The van der Waals surface area contributed by atoms with Crippen LogP contribution in [0.3, 0.4) is 0 Å². The van der Waals surface area contributed by atoms with Crippen LogP contribution in [0.1, 0.15) is 11.1 Å². The van der Waals surface area contributed by atoms with E-state index < -0.39 is 0 Å². The molecule has 1 nitrogen and oxygen atoms in total. The molecule has 0 atom stereocenters. The van der Waals surface area contributed by atoms with Crippen LogP contribution >= 0.6 is 11.3 Å². The molecule has 0 bridgehead atoms. The van der Waals surface area contributed by atoms with Crippen LogP contribution in [-0.2, 0) is 7.05 Å². The predicted octanol–water partition coefficient (Wildman–Crippen LogP) is 5.16. The molecule has 2 heteroatoms. The fraction of sp³-hybridized carbons (Fsp3) is 0.150. The minimum absolute atomic E-state index is 1.28. The van der Waals surface area contributed by atoms with Gasteiger partial charge in [0.05, 0.1) is 5.39 Å². The Morgan fingerprint density at radius 3 is 2.55 bits per heavy atom. The van der Waals surface area contributed by atoms with E-state index in [2.05, 4.69) is 80.1 Å². The lowest BCUT2D eigenvalue weighted by Gasteiger charge is -2.06. The number of hydrogen-bond acceptors (Lipinski definition) is 1. The van der Waals surface area contributed by atoms with Crippen molar-refractivity contribution in [1.82, 2.24) is 0 Å². The Bertz CT molecular complexity index is 1010. The Labute approximate surface area is 134 Å². The molecule has 2 aromatic carbocycles. The molecule has 108 valence electrons. The van der Waals surface area contributed by atoms with Crippen molar-refractivity contribution in [2.45, 2.75) is 13.8 Å². The summed E-state index contributed by atoms with van der Waals surface area (Å²) < 4.78 is 3.69. The van der Waals surface area contributed by atoms with Gasteiger partial charge in [-0.1, -0.05) is 47.2 Å². The molecular weight excluding hydrogens is 286 g/mol. The quantitative estimate of drug-likeness (QED) is 0.427. The average Bonchev–Trinajstić information content (AvgIpc) is 2.90. The normalized spacial score (nSPS) is 11.4. The monoisotopic (exact) mass is 304 g/mol. The second-order valence-corrected chi connectivity index (χ2v) is 6.94. The van der Waals surface area contributed by atoms with E-state index in [4.69, 9.17) is 0 Å². The summed E-state index contributed by atoms with van der Waals surface area (Å²) in [5.41, 5.74) is 5.22. The number of hydrogen-bond donors (Lipinski definition) is 0. The third-order valence-electron chi connectivity index (χ3n) is 4.36. The molecule has 0 radical (unpaired) electrons. The van der Waals surface area contributed by atoms with E-state index in [1.807, 2.05) is 11.3 Å². The molecule has 0 aliphatic carbocycles. The van der Waals surface area contributed by atoms with Gasteiger partial charge in [0.25, 0.3) is 4.83 Å². The van der Waals surface area contributed by atoms with Gasteiger partial charge in [-0.15, -0.1) is 0 Å². The summed E-state index contributed by atoms with van der Waals surface area (Å²) in [7, 11) is 2.18.